The van der Waals surface area contributed by atoms with Crippen molar-refractivity contribution in [3.05, 3.63) is 0 Å². The first-order chi connectivity index (χ1) is 10.7. The van der Waals surface area contributed by atoms with E-state index in [1.807, 2.05) is 6.92 Å². The second-order valence-corrected chi connectivity index (χ2v) is 7.75. The molecule has 0 spiro atoms. The van der Waals surface area contributed by atoms with Crippen LogP contribution in [-0.4, -0.2) is 25.2 Å². The quantitative estimate of drug-likeness (QED) is 0.485. The molecule has 0 aliphatic rings. The predicted molar refractivity (Wildman–Crippen MR) is 93.1 cm³/mol. The van der Waals surface area contributed by atoms with Crippen LogP contribution in [0, 0.1) is 17.3 Å². The molecular weight excluding hydrogens is 292 g/mol. The van der Waals surface area contributed by atoms with Crippen molar-refractivity contribution < 1.29 is 19.1 Å². The summed E-state index contributed by atoms with van der Waals surface area (Å²) in [7, 11) is 0. The molecule has 0 aliphatic heterocycles. The Bertz CT molecular complexity index is 319. The van der Waals surface area contributed by atoms with E-state index in [-0.39, 0.29) is 17.4 Å². The van der Waals surface area contributed by atoms with Gasteiger partial charge in [-0.05, 0) is 31.1 Å². The van der Waals surface area contributed by atoms with Crippen molar-refractivity contribution >= 4 is 11.9 Å². The van der Waals surface area contributed by atoms with Crippen LogP contribution in [-0.2, 0) is 19.1 Å². The summed E-state index contributed by atoms with van der Waals surface area (Å²) in [6.45, 7) is 13.1. The van der Waals surface area contributed by atoms with E-state index in [4.69, 9.17) is 9.47 Å². The van der Waals surface area contributed by atoms with Crippen LogP contribution in [0.25, 0.3) is 0 Å². The standard InChI is InChI=1S/C19H36O4/c1-7-12-19(6,13-22-17(20)10-8-15(2)3)14-23-18(21)11-9-16(4)5/h15-16H,7-14H2,1-6H3. The van der Waals surface area contributed by atoms with E-state index in [0.29, 0.717) is 37.9 Å². The maximum Gasteiger partial charge on any atom is 0.305 e. The second kappa shape index (κ2) is 11.5. The second-order valence-electron chi connectivity index (χ2n) is 7.75. The van der Waals surface area contributed by atoms with Crippen molar-refractivity contribution in [3.8, 4) is 0 Å². The highest BCUT2D eigenvalue weighted by molar-refractivity contribution is 5.69. The third kappa shape index (κ3) is 12.1. The summed E-state index contributed by atoms with van der Waals surface area (Å²) in [5.74, 6) is 0.664. The van der Waals surface area contributed by atoms with Crippen molar-refractivity contribution in [2.24, 2.45) is 17.3 Å². The average molecular weight is 328 g/mol. The Balaban J connectivity index is 4.27. The summed E-state index contributed by atoms with van der Waals surface area (Å²) in [4.78, 5) is 23.6. The number of ether oxygens (including phenoxy) is 2. The summed E-state index contributed by atoms with van der Waals surface area (Å²) >= 11 is 0. The van der Waals surface area contributed by atoms with Gasteiger partial charge >= 0.3 is 11.9 Å². The van der Waals surface area contributed by atoms with Crippen LogP contribution in [0.3, 0.4) is 0 Å². The number of carbonyl (C=O) groups excluding carboxylic acids is 2. The van der Waals surface area contributed by atoms with Crippen LogP contribution in [0.4, 0.5) is 0 Å². The van der Waals surface area contributed by atoms with Gasteiger partial charge in [-0.15, -0.1) is 0 Å². The minimum absolute atomic E-state index is 0.160. The lowest BCUT2D eigenvalue weighted by atomic mass is 9.87. The third-order valence-electron chi connectivity index (χ3n) is 3.87. The molecule has 0 aromatic carbocycles. The molecule has 23 heavy (non-hydrogen) atoms. The smallest absolute Gasteiger partial charge is 0.305 e. The highest BCUT2D eigenvalue weighted by Crippen LogP contribution is 2.25. The zero-order chi connectivity index (χ0) is 17.9. The predicted octanol–water partition coefficient (Wildman–Crippen LogP) is 4.75. The molecule has 0 saturated heterocycles. The molecule has 4 heteroatoms. The van der Waals surface area contributed by atoms with E-state index < -0.39 is 0 Å². The molecule has 0 atom stereocenters. The molecule has 0 fully saturated rings. The Kier molecular flexibility index (Phi) is 10.9. The Hall–Kier alpha value is -1.06. The van der Waals surface area contributed by atoms with Crippen molar-refractivity contribution in [2.45, 2.75) is 80.1 Å². The summed E-state index contributed by atoms with van der Waals surface area (Å²) in [6.07, 6.45) is 4.41. The lowest BCUT2D eigenvalue weighted by Crippen LogP contribution is -2.31. The molecule has 0 radical (unpaired) electrons. The van der Waals surface area contributed by atoms with Gasteiger partial charge in [0.2, 0.25) is 0 Å². The lowest BCUT2D eigenvalue weighted by Gasteiger charge is -2.28. The van der Waals surface area contributed by atoms with E-state index in [0.717, 1.165) is 25.7 Å². The van der Waals surface area contributed by atoms with Gasteiger partial charge in [0, 0.05) is 18.3 Å². The number of hydrogen-bond donors (Lipinski definition) is 0. The van der Waals surface area contributed by atoms with Gasteiger partial charge in [-0.3, -0.25) is 9.59 Å². The third-order valence-corrected chi connectivity index (χ3v) is 3.87. The fourth-order valence-corrected chi connectivity index (χ4v) is 2.26. The maximum absolute atomic E-state index is 11.8. The van der Waals surface area contributed by atoms with Crippen molar-refractivity contribution in [3.63, 3.8) is 0 Å². The molecule has 0 amide bonds. The van der Waals surface area contributed by atoms with Gasteiger partial charge in [0.15, 0.2) is 0 Å². The molecule has 136 valence electrons. The molecule has 0 unspecified atom stereocenters. The SMILES string of the molecule is CCCC(C)(COC(=O)CCC(C)C)COC(=O)CCC(C)C. The fraction of sp³-hybridized carbons (Fsp3) is 0.895. The Morgan fingerprint density at radius 3 is 1.57 bits per heavy atom. The summed E-state index contributed by atoms with van der Waals surface area (Å²) in [5.41, 5.74) is -0.296. The Labute approximate surface area is 142 Å². The van der Waals surface area contributed by atoms with Crippen LogP contribution >= 0.6 is 0 Å². The lowest BCUT2D eigenvalue weighted by molar-refractivity contribution is -0.154. The minimum atomic E-state index is -0.296. The van der Waals surface area contributed by atoms with Crippen molar-refractivity contribution in [2.75, 3.05) is 13.2 Å². The van der Waals surface area contributed by atoms with E-state index in [2.05, 4.69) is 34.6 Å². The molecular formula is C19H36O4. The normalized spacial score (nSPS) is 11.8. The zero-order valence-electron chi connectivity index (χ0n) is 15.9. The first-order valence-electron chi connectivity index (χ1n) is 8.99. The van der Waals surface area contributed by atoms with Crippen LogP contribution < -0.4 is 0 Å². The molecule has 0 aliphatic carbocycles. The minimum Gasteiger partial charge on any atom is -0.465 e. The number of carbonyl (C=O) groups is 2. The largest absolute Gasteiger partial charge is 0.465 e. The zero-order valence-corrected chi connectivity index (χ0v) is 15.9. The van der Waals surface area contributed by atoms with E-state index >= 15 is 0 Å². The van der Waals surface area contributed by atoms with Gasteiger partial charge < -0.3 is 9.47 Å². The van der Waals surface area contributed by atoms with Crippen molar-refractivity contribution in [1.82, 2.24) is 0 Å². The van der Waals surface area contributed by atoms with Crippen LogP contribution in [0.15, 0.2) is 0 Å². The molecule has 0 heterocycles. The topological polar surface area (TPSA) is 52.6 Å². The molecule has 4 nitrogen and oxygen atoms in total. The first kappa shape index (κ1) is 21.9. The highest BCUT2D eigenvalue weighted by atomic mass is 16.5. The molecule has 0 N–H and O–H groups in total. The van der Waals surface area contributed by atoms with Crippen LogP contribution in [0.5, 0.6) is 0 Å². The van der Waals surface area contributed by atoms with E-state index in [1.165, 1.54) is 0 Å². The number of esters is 2. The van der Waals surface area contributed by atoms with Gasteiger partial charge in [0.05, 0.1) is 13.2 Å². The molecule has 0 aromatic rings. The van der Waals surface area contributed by atoms with Crippen molar-refractivity contribution in [1.29, 1.82) is 0 Å². The van der Waals surface area contributed by atoms with Gasteiger partial charge in [0.1, 0.15) is 0 Å². The van der Waals surface area contributed by atoms with Gasteiger partial charge in [0.25, 0.3) is 0 Å². The molecule has 0 rings (SSSR count). The Morgan fingerprint density at radius 2 is 1.26 bits per heavy atom. The highest BCUT2D eigenvalue weighted by Gasteiger charge is 2.27. The van der Waals surface area contributed by atoms with E-state index in [9.17, 15) is 9.59 Å². The monoisotopic (exact) mass is 328 g/mol. The first-order valence-corrected chi connectivity index (χ1v) is 8.99. The number of rotatable bonds is 12. The van der Waals surface area contributed by atoms with Gasteiger partial charge in [-0.2, -0.15) is 0 Å². The van der Waals surface area contributed by atoms with Gasteiger partial charge in [-0.1, -0.05) is 48.0 Å². The van der Waals surface area contributed by atoms with Crippen LogP contribution in [0.1, 0.15) is 80.1 Å². The Morgan fingerprint density at radius 1 is 0.870 bits per heavy atom. The average Bonchev–Trinajstić information content (AvgIpc) is 2.47. The van der Waals surface area contributed by atoms with Gasteiger partial charge in [-0.25, -0.2) is 0 Å². The molecule has 0 saturated carbocycles. The summed E-state index contributed by atoms with van der Waals surface area (Å²) < 4.78 is 10.8. The maximum atomic E-state index is 11.8. The molecule has 0 aromatic heterocycles. The summed E-state index contributed by atoms with van der Waals surface area (Å²) in [5, 5.41) is 0. The number of hydrogen-bond acceptors (Lipinski definition) is 4. The van der Waals surface area contributed by atoms with E-state index in [1.54, 1.807) is 0 Å². The molecule has 0 bridgehead atoms. The fourth-order valence-electron chi connectivity index (χ4n) is 2.26. The van der Waals surface area contributed by atoms with Crippen LogP contribution in [0.2, 0.25) is 0 Å². The summed E-state index contributed by atoms with van der Waals surface area (Å²) in [6, 6.07) is 0.